The maximum atomic E-state index is 13.3. The predicted molar refractivity (Wildman–Crippen MR) is 144 cm³/mol. The molecular formula is C26H25N5O7S. The summed E-state index contributed by atoms with van der Waals surface area (Å²) in [7, 11) is 1.61. The molecule has 13 heteroatoms. The van der Waals surface area contributed by atoms with Gasteiger partial charge in [-0.15, -0.1) is 0 Å². The van der Waals surface area contributed by atoms with Crippen LogP contribution in [0.4, 0.5) is 5.82 Å². The SMILES string of the molecule is COc1ccccc1Oc1c(NS(=O)(=O)/C=C/c2c(OC)cccc2OC)nc(-c2ncccn2)nc1OC. The number of hydrogen-bond donors (Lipinski definition) is 1. The molecule has 4 rings (SSSR count). The summed E-state index contributed by atoms with van der Waals surface area (Å²) in [6.07, 6.45) is 4.36. The largest absolute Gasteiger partial charge is 0.496 e. The first-order valence-electron chi connectivity index (χ1n) is 11.3. The van der Waals surface area contributed by atoms with E-state index in [1.807, 2.05) is 0 Å². The van der Waals surface area contributed by atoms with E-state index in [1.54, 1.807) is 48.5 Å². The van der Waals surface area contributed by atoms with Gasteiger partial charge in [-0.1, -0.05) is 18.2 Å². The van der Waals surface area contributed by atoms with E-state index in [2.05, 4.69) is 24.7 Å². The van der Waals surface area contributed by atoms with E-state index in [9.17, 15) is 8.42 Å². The molecule has 0 bridgehead atoms. The number of aromatic nitrogens is 4. The molecule has 2 heterocycles. The van der Waals surface area contributed by atoms with Gasteiger partial charge in [0.25, 0.3) is 15.9 Å². The molecule has 2 aromatic carbocycles. The number of anilines is 1. The van der Waals surface area contributed by atoms with Gasteiger partial charge in [0.2, 0.25) is 11.6 Å². The second-order valence-electron chi connectivity index (χ2n) is 7.59. The van der Waals surface area contributed by atoms with Crippen molar-refractivity contribution in [1.29, 1.82) is 0 Å². The first-order chi connectivity index (χ1) is 18.9. The van der Waals surface area contributed by atoms with Gasteiger partial charge in [-0.2, -0.15) is 4.98 Å². The lowest BCUT2D eigenvalue weighted by molar-refractivity contribution is 0.348. The van der Waals surface area contributed by atoms with Crippen LogP contribution in [-0.2, 0) is 10.0 Å². The summed E-state index contributed by atoms with van der Waals surface area (Å²) in [5.74, 6) is 1.29. The Bertz CT molecular complexity index is 1560. The van der Waals surface area contributed by atoms with Crippen molar-refractivity contribution < 1.29 is 32.1 Å². The number of benzene rings is 2. The van der Waals surface area contributed by atoms with Gasteiger partial charge in [0.05, 0.1) is 39.4 Å². The third-order valence-electron chi connectivity index (χ3n) is 5.19. The number of rotatable bonds is 11. The molecule has 0 aliphatic carbocycles. The van der Waals surface area contributed by atoms with Crippen LogP contribution < -0.4 is 28.4 Å². The van der Waals surface area contributed by atoms with E-state index in [0.717, 1.165) is 5.41 Å². The lowest BCUT2D eigenvalue weighted by atomic mass is 10.2. The molecule has 202 valence electrons. The lowest BCUT2D eigenvalue weighted by Crippen LogP contribution is -2.13. The van der Waals surface area contributed by atoms with Crippen molar-refractivity contribution in [3.05, 3.63) is 71.9 Å². The highest BCUT2D eigenvalue weighted by atomic mass is 32.2. The molecular weight excluding hydrogens is 526 g/mol. The molecule has 0 atom stereocenters. The van der Waals surface area contributed by atoms with Crippen LogP contribution in [0, 0.1) is 0 Å². The molecule has 0 unspecified atom stereocenters. The van der Waals surface area contributed by atoms with E-state index in [-0.39, 0.29) is 34.8 Å². The molecule has 0 amide bonds. The molecule has 0 spiro atoms. The number of ether oxygens (including phenoxy) is 5. The van der Waals surface area contributed by atoms with Crippen LogP contribution in [0.25, 0.3) is 17.7 Å². The quantitative estimate of drug-likeness (QED) is 0.287. The third-order valence-corrected chi connectivity index (χ3v) is 6.17. The minimum absolute atomic E-state index is 0.00732. The summed E-state index contributed by atoms with van der Waals surface area (Å²) >= 11 is 0. The minimum atomic E-state index is -4.18. The van der Waals surface area contributed by atoms with Crippen LogP contribution in [0.3, 0.4) is 0 Å². The van der Waals surface area contributed by atoms with Gasteiger partial charge in [-0.3, -0.25) is 4.72 Å². The maximum Gasteiger partial charge on any atom is 0.263 e. The zero-order valence-corrected chi connectivity index (χ0v) is 22.3. The molecule has 1 N–H and O–H groups in total. The number of hydrogen-bond acceptors (Lipinski definition) is 11. The summed E-state index contributed by atoms with van der Waals surface area (Å²) in [4.78, 5) is 17.0. The van der Waals surface area contributed by atoms with Gasteiger partial charge >= 0.3 is 0 Å². The Morgan fingerprint density at radius 2 is 1.33 bits per heavy atom. The van der Waals surface area contributed by atoms with Crippen molar-refractivity contribution in [3.63, 3.8) is 0 Å². The van der Waals surface area contributed by atoms with Crippen LogP contribution in [0.1, 0.15) is 5.56 Å². The number of sulfonamides is 1. The molecule has 39 heavy (non-hydrogen) atoms. The summed E-state index contributed by atoms with van der Waals surface area (Å²) in [6.45, 7) is 0. The zero-order valence-electron chi connectivity index (χ0n) is 21.5. The summed E-state index contributed by atoms with van der Waals surface area (Å²) in [5, 5.41) is 0.952. The average molecular weight is 552 g/mol. The van der Waals surface area contributed by atoms with Crippen molar-refractivity contribution in [1.82, 2.24) is 19.9 Å². The molecule has 0 fully saturated rings. The molecule has 4 aromatic rings. The summed E-state index contributed by atoms with van der Waals surface area (Å²) in [5.41, 5.74) is 0.428. The number of nitrogens with one attached hydrogen (secondary N) is 1. The first-order valence-corrected chi connectivity index (χ1v) is 12.9. The Labute approximate surface area is 225 Å². The van der Waals surface area contributed by atoms with Crippen molar-refractivity contribution in [3.8, 4) is 46.3 Å². The Balaban J connectivity index is 1.80. The summed E-state index contributed by atoms with van der Waals surface area (Å²) in [6, 6.07) is 13.5. The molecule has 2 aromatic heterocycles. The average Bonchev–Trinajstić information content (AvgIpc) is 2.97. The molecule has 0 saturated heterocycles. The minimum Gasteiger partial charge on any atom is -0.496 e. The molecule has 0 radical (unpaired) electrons. The third kappa shape index (κ3) is 6.33. The van der Waals surface area contributed by atoms with Gasteiger partial charge in [0.15, 0.2) is 23.1 Å². The fraction of sp³-hybridized carbons (Fsp3) is 0.154. The van der Waals surface area contributed by atoms with Crippen LogP contribution >= 0.6 is 0 Å². The highest BCUT2D eigenvalue weighted by molar-refractivity contribution is 7.95. The first kappa shape index (κ1) is 27.1. The second-order valence-corrected chi connectivity index (χ2v) is 9.15. The van der Waals surface area contributed by atoms with Gasteiger partial charge < -0.3 is 23.7 Å². The predicted octanol–water partition coefficient (Wildman–Crippen LogP) is 4.17. The maximum absolute atomic E-state index is 13.3. The lowest BCUT2D eigenvalue weighted by Gasteiger charge is -2.16. The van der Waals surface area contributed by atoms with E-state index in [1.165, 1.54) is 46.9 Å². The van der Waals surface area contributed by atoms with Gasteiger partial charge in [0, 0.05) is 12.4 Å². The zero-order chi connectivity index (χ0) is 27.8. The van der Waals surface area contributed by atoms with Crippen LogP contribution in [0.15, 0.2) is 66.3 Å². The Hall–Kier alpha value is -4.91. The van der Waals surface area contributed by atoms with E-state index in [0.29, 0.717) is 22.8 Å². The monoisotopic (exact) mass is 551 g/mol. The molecule has 0 saturated carbocycles. The van der Waals surface area contributed by atoms with E-state index >= 15 is 0 Å². The Morgan fingerprint density at radius 1 is 0.718 bits per heavy atom. The van der Waals surface area contributed by atoms with Crippen LogP contribution in [-0.4, -0.2) is 56.8 Å². The number of nitrogens with zero attached hydrogens (tertiary/aromatic N) is 4. The topological polar surface area (TPSA) is 144 Å². The van der Waals surface area contributed by atoms with Crippen molar-refractivity contribution >= 4 is 21.9 Å². The van der Waals surface area contributed by atoms with E-state index in [4.69, 9.17) is 23.7 Å². The highest BCUT2D eigenvalue weighted by Gasteiger charge is 2.24. The number of methoxy groups -OCH3 is 4. The highest BCUT2D eigenvalue weighted by Crippen LogP contribution is 2.41. The number of para-hydroxylation sites is 2. The summed E-state index contributed by atoms with van der Waals surface area (Å²) < 4.78 is 56.4. The van der Waals surface area contributed by atoms with Crippen molar-refractivity contribution in [2.24, 2.45) is 0 Å². The normalized spacial score (nSPS) is 11.2. The molecule has 12 nitrogen and oxygen atoms in total. The van der Waals surface area contributed by atoms with Gasteiger partial charge in [0.1, 0.15) is 11.5 Å². The Morgan fingerprint density at radius 3 is 1.95 bits per heavy atom. The van der Waals surface area contributed by atoms with Crippen LogP contribution in [0.5, 0.6) is 34.6 Å². The standard InChI is InChI=1S/C26H25N5O7S/c1-34-18-11-7-12-19(35-2)17(18)13-16-39(32,33)31-23-22(38-21-10-6-5-9-20(21)36-3)26(37-4)30-25(29-23)24-27-14-8-15-28-24/h5-16H,1-4H3,(H,29,30,31)/b16-13+. The fourth-order valence-corrected chi connectivity index (χ4v) is 4.22. The smallest absolute Gasteiger partial charge is 0.263 e. The van der Waals surface area contributed by atoms with Crippen molar-refractivity contribution in [2.45, 2.75) is 0 Å². The van der Waals surface area contributed by atoms with E-state index < -0.39 is 10.0 Å². The van der Waals surface area contributed by atoms with Crippen molar-refractivity contribution in [2.75, 3.05) is 33.2 Å². The second kappa shape index (κ2) is 12.1. The van der Waals surface area contributed by atoms with Gasteiger partial charge in [-0.25, -0.2) is 23.4 Å². The molecule has 0 aliphatic rings. The molecule has 0 aliphatic heterocycles. The van der Waals surface area contributed by atoms with Gasteiger partial charge in [-0.05, 0) is 36.4 Å². The fourth-order valence-electron chi connectivity index (χ4n) is 3.43. The van der Waals surface area contributed by atoms with Crippen LogP contribution in [0.2, 0.25) is 0 Å². The Kier molecular flexibility index (Phi) is 8.41.